The Kier molecular flexibility index (Phi) is 3.96. The average Bonchev–Trinajstić information content (AvgIpc) is 2.71. The van der Waals surface area contributed by atoms with Crippen LogP contribution in [0.15, 0.2) is 0 Å². The fourth-order valence-corrected chi connectivity index (χ4v) is 3.95. The highest BCUT2D eigenvalue weighted by molar-refractivity contribution is 6.31. The largest absolute Gasteiger partial charge is 0.418 e. The molecule has 116 valence electrons. The third-order valence-electron chi connectivity index (χ3n) is 4.03. The van der Waals surface area contributed by atoms with Gasteiger partial charge in [0.1, 0.15) is 12.2 Å². The molecule has 1 saturated heterocycles. The van der Waals surface area contributed by atoms with Crippen LogP contribution in [0, 0.1) is 5.92 Å². The molecule has 0 aromatic rings. The molecule has 1 aliphatic heterocycles. The van der Waals surface area contributed by atoms with Crippen LogP contribution in [0.1, 0.15) is 54.9 Å². The summed E-state index contributed by atoms with van der Waals surface area (Å²) < 4.78 is 18.0. The Morgan fingerprint density at radius 1 is 1.20 bits per heavy atom. The molecular weight excluding hydrogens is 272 g/mol. The number of carbonyl (C=O) groups is 1. The molecule has 20 heavy (non-hydrogen) atoms. The van der Waals surface area contributed by atoms with E-state index in [9.17, 15) is 4.79 Å². The van der Waals surface area contributed by atoms with Crippen molar-refractivity contribution in [3.05, 3.63) is 0 Å². The number of ketones is 1. The minimum atomic E-state index is -0.667. The van der Waals surface area contributed by atoms with Gasteiger partial charge in [-0.05, 0) is 32.7 Å². The minimum absolute atomic E-state index is 0.0802. The van der Waals surface area contributed by atoms with E-state index in [1.54, 1.807) is 0 Å². The lowest BCUT2D eigenvalue weighted by atomic mass is 9.88. The molecule has 0 spiro atoms. The summed E-state index contributed by atoms with van der Waals surface area (Å²) in [6, 6.07) is 0. The van der Waals surface area contributed by atoms with Gasteiger partial charge >= 0.3 is 0 Å². The second-order valence-electron chi connectivity index (χ2n) is 8.25. The molecule has 2 aliphatic rings. The first-order chi connectivity index (χ1) is 8.91. The van der Waals surface area contributed by atoms with Gasteiger partial charge in [-0.15, -0.1) is 0 Å². The van der Waals surface area contributed by atoms with Gasteiger partial charge in [-0.25, -0.2) is 0 Å². The molecule has 2 rings (SSSR count). The molecule has 0 radical (unpaired) electrons. The molecular formula is C15H28O4Si. The zero-order chi connectivity index (χ0) is 15.3. The fraction of sp³-hybridized carbons (Fsp3) is 0.933. The highest BCUT2D eigenvalue weighted by Gasteiger charge is 2.57. The van der Waals surface area contributed by atoms with Gasteiger partial charge < -0.3 is 13.9 Å². The van der Waals surface area contributed by atoms with Crippen LogP contribution in [0.3, 0.4) is 0 Å². The second kappa shape index (κ2) is 4.90. The van der Waals surface area contributed by atoms with Crippen molar-refractivity contribution in [2.24, 2.45) is 5.92 Å². The van der Waals surface area contributed by atoms with E-state index in [1.807, 2.05) is 13.8 Å². The molecule has 3 atom stereocenters. The van der Waals surface area contributed by atoms with E-state index in [0.717, 1.165) is 0 Å². The third-order valence-corrected chi connectivity index (χ3v) is 5.79. The summed E-state index contributed by atoms with van der Waals surface area (Å²) in [5, 5.41) is 0.242. The van der Waals surface area contributed by atoms with E-state index in [-0.39, 0.29) is 28.4 Å². The van der Waals surface area contributed by atoms with Gasteiger partial charge in [-0.3, -0.25) is 4.79 Å². The number of rotatable bonds is 3. The quantitative estimate of drug-likeness (QED) is 0.750. The van der Waals surface area contributed by atoms with Crippen LogP contribution in [0.4, 0.5) is 0 Å². The van der Waals surface area contributed by atoms with Crippen LogP contribution in [-0.2, 0) is 18.7 Å². The van der Waals surface area contributed by atoms with Gasteiger partial charge in [-0.1, -0.05) is 20.8 Å². The summed E-state index contributed by atoms with van der Waals surface area (Å²) in [5.41, 5.74) is -0.335. The van der Waals surface area contributed by atoms with Gasteiger partial charge in [0.2, 0.25) is 0 Å². The molecule has 0 aromatic carbocycles. The minimum Gasteiger partial charge on any atom is -0.418 e. The zero-order valence-electron chi connectivity index (χ0n) is 13.8. The van der Waals surface area contributed by atoms with E-state index < -0.39 is 21.7 Å². The fourth-order valence-electron chi connectivity index (χ4n) is 2.93. The number of hydrogen-bond acceptors (Lipinski definition) is 4. The smallest absolute Gasteiger partial charge is 0.167 e. The number of fused-ring (bicyclic) bond motifs is 1. The van der Waals surface area contributed by atoms with Crippen molar-refractivity contribution in [2.45, 2.75) is 83.5 Å². The molecule has 5 heteroatoms. The standard InChI is InChI=1S/C15H28O4Si/c1-13(2,3)20-19-14(4,5)9-8-10(16)12-11(9)17-15(6,7)18-12/h9,11-12H,8,20H2,1-7H3/t9-,11+,12+/m0/s1. The maximum atomic E-state index is 12.2. The lowest BCUT2D eigenvalue weighted by Crippen LogP contribution is -2.43. The zero-order valence-corrected chi connectivity index (χ0v) is 15.2. The summed E-state index contributed by atoms with van der Waals surface area (Å²) >= 11 is 0. The SMILES string of the molecule is CC1(C)O[C@H]2[C@H](O1)C(=O)C[C@@H]2C(C)(C)O[SiH2]C(C)(C)C. The van der Waals surface area contributed by atoms with Crippen LogP contribution in [-0.4, -0.2) is 39.1 Å². The second-order valence-corrected chi connectivity index (χ2v) is 10.9. The molecule has 1 heterocycles. The summed E-state index contributed by atoms with van der Waals surface area (Å²) in [6.45, 7) is 14.5. The van der Waals surface area contributed by atoms with E-state index in [4.69, 9.17) is 13.9 Å². The van der Waals surface area contributed by atoms with Crippen molar-refractivity contribution >= 4 is 15.5 Å². The number of ether oxygens (including phenoxy) is 2. The monoisotopic (exact) mass is 300 g/mol. The molecule has 0 N–H and O–H groups in total. The maximum absolute atomic E-state index is 12.2. The maximum Gasteiger partial charge on any atom is 0.167 e. The Morgan fingerprint density at radius 2 is 1.80 bits per heavy atom. The lowest BCUT2D eigenvalue weighted by Gasteiger charge is -2.37. The van der Waals surface area contributed by atoms with E-state index in [2.05, 4.69) is 34.6 Å². The van der Waals surface area contributed by atoms with Gasteiger partial charge in [0.15, 0.2) is 21.3 Å². The van der Waals surface area contributed by atoms with E-state index >= 15 is 0 Å². The van der Waals surface area contributed by atoms with Crippen LogP contribution < -0.4 is 0 Å². The first-order valence-electron chi connectivity index (χ1n) is 7.44. The first-order valence-corrected chi connectivity index (χ1v) is 8.72. The molecule has 1 aliphatic carbocycles. The van der Waals surface area contributed by atoms with Crippen molar-refractivity contribution < 1.29 is 18.7 Å². The van der Waals surface area contributed by atoms with E-state index in [1.165, 1.54) is 0 Å². The van der Waals surface area contributed by atoms with Gasteiger partial charge in [0, 0.05) is 12.3 Å². The molecule has 0 amide bonds. The topological polar surface area (TPSA) is 44.8 Å². The van der Waals surface area contributed by atoms with Gasteiger partial charge in [0.05, 0.1) is 5.60 Å². The van der Waals surface area contributed by atoms with Crippen molar-refractivity contribution in [3.8, 4) is 0 Å². The number of hydrogen-bond donors (Lipinski definition) is 0. The van der Waals surface area contributed by atoms with Gasteiger partial charge in [0.25, 0.3) is 0 Å². The summed E-state index contributed by atoms with van der Waals surface area (Å²) in [6.07, 6.45) is -0.0765. The molecule has 0 unspecified atom stereocenters. The molecule has 0 aromatic heterocycles. The van der Waals surface area contributed by atoms with Crippen molar-refractivity contribution in [2.75, 3.05) is 0 Å². The van der Waals surface area contributed by atoms with Gasteiger partial charge in [-0.2, -0.15) is 0 Å². The van der Waals surface area contributed by atoms with E-state index in [0.29, 0.717) is 6.42 Å². The first kappa shape index (κ1) is 16.1. The number of carbonyl (C=O) groups excluding carboxylic acids is 1. The third kappa shape index (κ3) is 3.32. The molecule has 1 saturated carbocycles. The summed E-state index contributed by atoms with van der Waals surface area (Å²) in [5.74, 6) is -0.433. The normalized spacial score (nSPS) is 34.1. The predicted octanol–water partition coefficient (Wildman–Crippen LogP) is 2.19. The summed E-state index contributed by atoms with van der Waals surface area (Å²) in [4.78, 5) is 12.2. The number of Topliss-reactive ketones (excluding diaryl/α,β-unsaturated/α-hetero) is 1. The van der Waals surface area contributed by atoms with Crippen molar-refractivity contribution in [3.63, 3.8) is 0 Å². The summed E-state index contributed by atoms with van der Waals surface area (Å²) in [7, 11) is -0.667. The highest BCUT2D eigenvalue weighted by Crippen LogP contribution is 2.45. The Hall–Kier alpha value is -0.233. The Labute approximate surface area is 124 Å². The average molecular weight is 300 g/mol. The Bertz CT molecular complexity index is 397. The molecule has 4 nitrogen and oxygen atoms in total. The van der Waals surface area contributed by atoms with Crippen molar-refractivity contribution in [1.29, 1.82) is 0 Å². The van der Waals surface area contributed by atoms with Crippen LogP contribution in [0.5, 0.6) is 0 Å². The van der Waals surface area contributed by atoms with Crippen LogP contribution >= 0.6 is 0 Å². The predicted molar refractivity (Wildman–Crippen MR) is 80.4 cm³/mol. The van der Waals surface area contributed by atoms with Crippen LogP contribution in [0.2, 0.25) is 5.04 Å². The van der Waals surface area contributed by atoms with Crippen molar-refractivity contribution in [1.82, 2.24) is 0 Å². The highest BCUT2D eigenvalue weighted by atomic mass is 28.2. The lowest BCUT2D eigenvalue weighted by molar-refractivity contribution is -0.169. The molecule has 0 bridgehead atoms. The molecule has 2 fully saturated rings. The Morgan fingerprint density at radius 3 is 2.35 bits per heavy atom. The van der Waals surface area contributed by atoms with Crippen LogP contribution in [0.25, 0.3) is 0 Å². The Balaban J connectivity index is 2.10.